The van der Waals surface area contributed by atoms with Crippen LogP contribution in [0.5, 0.6) is 0 Å². The molecule has 0 saturated heterocycles. The lowest BCUT2D eigenvalue weighted by Gasteiger charge is -2.11. The molecule has 180 valence electrons. The van der Waals surface area contributed by atoms with Gasteiger partial charge in [0.25, 0.3) is 0 Å². The van der Waals surface area contributed by atoms with Crippen LogP contribution < -0.4 is 0 Å². The van der Waals surface area contributed by atoms with Gasteiger partial charge in [-0.3, -0.25) is 0 Å². The summed E-state index contributed by atoms with van der Waals surface area (Å²) in [7, 11) is 0. The van der Waals surface area contributed by atoms with E-state index in [4.69, 9.17) is 15.0 Å². The van der Waals surface area contributed by atoms with Gasteiger partial charge in [-0.05, 0) is 48.5 Å². The number of para-hydroxylation sites is 2. The second-order valence-corrected chi connectivity index (χ2v) is 10.0. The van der Waals surface area contributed by atoms with Crippen LogP contribution in [0, 0.1) is 0 Å². The highest BCUT2D eigenvalue weighted by Crippen LogP contribution is 2.33. The van der Waals surface area contributed by atoms with Gasteiger partial charge in [-0.15, -0.1) is 0 Å². The van der Waals surface area contributed by atoms with Crippen molar-refractivity contribution in [3.8, 4) is 39.9 Å². The molecule has 5 aromatic carbocycles. The van der Waals surface area contributed by atoms with Crippen molar-refractivity contribution in [2.75, 3.05) is 0 Å². The van der Waals surface area contributed by atoms with Crippen molar-refractivity contribution < 1.29 is 0 Å². The van der Waals surface area contributed by atoms with Gasteiger partial charge in [-0.1, -0.05) is 94.8 Å². The van der Waals surface area contributed by atoms with Crippen LogP contribution in [0.15, 0.2) is 132 Å². The highest BCUT2D eigenvalue weighted by molar-refractivity contribution is 9.10. The van der Waals surface area contributed by atoms with Crippen molar-refractivity contribution >= 4 is 37.7 Å². The second kappa shape index (κ2) is 9.36. The van der Waals surface area contributed by atoms with Gasteiger partial charge in [-0.2, -0.15) is 0 Å². The molecule has 7 rings (SSSR count). The Kier molecular flexibility index (Phi) is 5.56. The van der Waals surface area contributed by atoms with Crippen LogP contribution in [-0.4, -0.2) is 19.5 Å². The Morgan fingerprint density at radius 3 is 1.55 bits per heavy atom. The number of aromatic nitrogens is 4. The van der Waals surface area contributed by atoms with Gasteiger partial charge in [0.15, 0.2) is 17.5 Å². The summed E-state index contributed by atoms with van der Waals surface area (Å²) in [6.45, 7) is 0. The molecule has 0 saturated carbocycles. The zero-order valence-electron chi connectivity index (χ0n) is 20.3. The molecule has 0 atom stereocenters. The van der Waals surface area contributed by atoms with E-state index in [2.05, 4.69) is 93.3 Å². The summed E-state index contributed by atoms with van der Waals surface area (Å²) in [5.41, 5.74) is 6.28. The second-order valence-electron chi connectivity index (χ2n) is 9.10. The van der Waals surface area contributed by atoms with Gasteiger partial charge in [0.2, 0.25) is 0 Å². The third-order valence-electron chi connectivity index (χ3n) is 6.71. The lowest BCUT2D eigenvalue weighted by Crippen LogP contribution is -2.00. The normalized spacial score (nSPS) is 11.3. The Labute approximate surface area is 228 Å². The largest absolute Gasteiger partial charge is 0.309 e. The van der Waals surface area contributed by atoms with Gasteiger partial charge in [0.05, 0.1) is 11.0 Å². The number of hydrogen-bond acceptors (Lipinski definition) is 3. The van der Waals surface area contributed by atoms with E-state index in [1.54, 1.807) is 0 Å². The number of hydrogen-bond donors (Lipinski definition) is 0. The first-order valence-electron chi connectivity index (χ1n) is 12.4. The van der Waals surface area contributed by atoms with Crippen molar-refractivity contribution in [1.29, 1.82) is 0 Å². The predicted molar refractivity (Wildman–Crippen MR) is 158 cm³/mol. The molecule has 0 N–H and O–H groups in total. The van der Waals surface area contributed by atoms with Crippen LogP contribution in [-0.2, 0) is 0 Å². The first-order chi connectivity index (χ1) is 18.7. The van der Waals surface area contributed by atoms with Crippen molar-refractivity contribution in [2.24, 2.45) is 0 Å². The molecule has 0 amide bonds. The van der Waals surface area contributed by atoms with Crippen LogP contribution in [0.3, 0.4) is 0 Å². The molecular formula is C33H21BrN4. The maximum absolute atomic E-state index is 4.88. The quantitative estimate of drug-likeness (QED) is 0.219. The number of rotatable bonds is 4. The summed E-state index contributed by atoms with van der Waals surface area (Å²) < 4.78 is 3.29. The average molecular weight is 553 g/mol. The summed E-state index contributed by atoms with van der Waals surface area (Å²) in [6.07, 6.45) is 0. The predicted octanol–water partition coefficient (Wildman–Crippen LogP) is 8.73. The standard InChI is InChI=1S/C33H21BrN4/c34-25-12-8-11-24(21-25)33-36-31(22-9-2-1-3-10-22)35-32(37-33)23-17-19-26(20-18-23)38-29-15-6-4-13-27(29)28-14-5-7-16-30(28)38/h1-21H. The Balaban J connectivity index is 1.37. The maximum Gasteiger partial charge on any atom is 0.164 e. The van der Waals surface area contributed by atoms with Gasteiger partial charge in [0.1, 0.15) is 0 Å². The molecule has 4 nitrogen and oxygen atoms in total. The third-order valence-corrected chi connectivity index (χ3v) is 7.21. The fraction of sp³-hybridized carbons (Fsp3) is 0. The lowest BCUT2D eigenvalue weighted by molar-refractivity contribution is 1.07. The van der Waals surface area contributed by atoms with Crippen LogP contribution >= 0.6 is 15.9 Å². The topological polar surface area (TPSA) is 43.6 Å². The Hall–Kier alpha value is -4.61. The summed E-state index contributed by atoms with van der Waals surface area (Å²) >= 11 is 3.57. The molecule has 2 aromatic heterocycles. The van der Waals surface area contributed by atoms with Crippen LogP contribution in [0.4, 0.5) is 0 Å². The van der Waals surface area contributed by atoms with Crippen LogP contribution in [0.25, 0.3) is 61.7 Å². The van der Waals surface area contributed by atoms with E-state index < -0.39 is 0 Å². The molecular weight excluding hydrogens is 532 g/mol. The minimum Gasteiger partial charge on any atom is -0.309 e. The lowest BCUT2D eigenvalue weighted by atomic mass is 10.1. The molecule has 5 heteroatoms. The van der Waals surface area contributed by atoms with E-state index in [1.807, 2.05) is 54.6 Å². The molecule has 0 aliphatic carbocycles. The third kappa shape index (κ3) is 3.98. The van der Waals surface area contributed by atoms with E-state index in [1.165, 1.54) is 21.8 Å². The molecule has 0 aliphatic rings. The first-order valence-corrected chi connectivity index (χ1v) is 13.2. The van der Waals surface area contributed by atoms with Crippen molar-refractivity contribution in [2.45, 2.75) is 0 Å². The Morgan fingerprint density at radius 1 is 0.447 bits per heavy atom. The highest BCUT2D eigenvalue weighted by atomic mass is 79.9. The van der Waals surface area contributed by atoms with Gasteiger partial charge in [0, 0.05) is 37.6 Å². The zero-order valence-corrected chi connectivity index (χ0v) is 21.9. The van der Waals surface area contributed by atoms with E-state index in [9.17, 15) is 0 Å². The molecule has 7 aromatic rings. The molecule has 0 unspecified atom stereocenters. The van der Waals surface area contributed by atoms with E-state index in [0.717, 1.165) is 26.9 Å². The number of benzene rings is 5. The van der Waals surface area contributed by atoms with E-state index in [-0.39, 0.29) is 0 Å². The molecule has 0 aliphatic heterocycles. The van der Waals surface area contributed by atoms with E-state index in [0.29, 0.717) is 17.5 Å². The zero-order chi connectivity index (χ0) is 25.5. The van der Waals surface area contributed by atoms with E-state index >= 15 is 0 Å². The average Bonchev–Trinajstić information content (AvgIpc) is 3.32. The molecule has 0 bridgehead atoms. The molecule has 0 spiro atoms. The van der Waals surface area contributed by atoms with Gasteiger partial charge < -0.3 is 4.57 Å². The Morgan fingerprint density at radius 2 is 0.947 bits per heavy atom. The Bertz CT molecular complexity index is 1870. The fourth-order valence-electron chi connectivity index (χ4n) is 4.94. The van der Waals surface area contributed by atoms with Crippen molar-refractivity contribution in [3.63, 3.8) is 0 Å². The summed E-state index contributed by atoms with van der Waals surface area (Å²) in [5, 5.41) is 2.49. The number of nitrogens with zero attached hydrogens (tertiary/aromatic N) is 4. The van der Waals surface area contributed by atoms with Crippen LogP contribution in [0.2, 0.25) is 0 Å². The van der Waals surface area contributed by atoms with Gasteiger partial charge >= 0.3 is 0 Å². The highest BCUT2D eigenvalue weighted by Gasteiger charge is 2.14. The molecule has 38 heavy (non-hydrogen) atoms. The molecule has 0 fully saturated rings. The summed E-state index contributed by atoms with van der Waals surface area (Å²) in [4.78, 5) is 14.6. The van der Waals surface area contributed by atoms with Crippen molar-refractivity contribution in [3.05, 3.63) is 132 Å². The first kappa shape index (κ1) is 22.6. The SMILES string of the molecule is Brc1cccc(-c2nc(-c3ccccc3)nc(-c3ccc(-n4c5ccccc5c5ccccc54)cc3)n2)c1. The van der Waals surface area contributed by atoms with Crippen LogP contribution in [0.1, 0.15) is 0 Å². The van der Waals surface area contributed by atoms with Crippen molar-refractivity contribution in [1.82, 2.24) is 19.5 Å². The summed E-state index contributed by atoms with van der Waals surface area (Å²) in [6, 6.07) is 43.6. The molecule has 2 heterocycles. The number of fused-ring (bicyclic) bond motifs is 3. The monoisotopic (exact) mass is 552 g/mol. The van der Waals surface area contributed by atoms with Gasteiger partial charge in [-0.25, -0.2) is 15.0 Å². The minimum absolute atomic E-state index is 0.640. The fourth-order valence-corrected chi connectivity index (χ4v) is 5.34. The minimum atomic E-state index is 0.640. The smallest absolute Gasteiger partial charge is 0.164 e. The molecule has 0 radical (unpaired) electrons. The summed E-state index contributed by atoms with van der Waals surface area (Å²) in [5.74, 6) is 1.93. The number of halogens is 1. The maximum atomic E-state index is 4.88.